The van der Waals surface area contributed by atoms with Crippen LogP contribution in [0.4, 0.5) is 4.39 Å². The predicted molar refractivity (Wildman–Crippen MR) is 72.4 cm³/mol. The molecule has 0 saturated heterocycles. The van der Waals surface area contributed by atoms with Crippen molar-refractivity contribution in [1.29, 1.82) is 0 Å². The van der Waals surface area contributed by atoms with Crippen LogP contribution < -0.4 is 0 Å². The number of ketones is 1. The van der Waals surface area contributed by atoms with Crippen LogP contribution in [-0.2, 0) is 6.42 Å². The van der Waals surface area contributed by atoms with Crippen LogP contribution in [0.5, 0.6) is 5.75 Å². The van der Waals surface area contributed by atoms with Crippen LogP contribution in [0.2, 0.25) is 0 Å². The highest BCUT2D eigenvalue weighted by Gasteiger charge is 2.36. The van der Waals surface area contributed by atoms with Gasteiger partial charge < -0.3 is 5.11 Å². The number of imidazole rings is 1. The lowest BCUT2D eigenvalue weighted by molar-refractivity contribution is 0.0887. The summed E-state index contributed by atoms with van der Waals surface area (Å²) in [6, 6.07) is 1.01. The van der Waals surface area contributed by atoms with Gasteiger partial charge in [-0.3, -0.25) is 9.20 Å². The van der Waals surface area contributed by atoms with Gasteiger partial charge in [0.2, 0.25) is 0 Å². The minimum Gasteiger partial charge on any atom is -0.504 e. The molecule has 2 aromatic heterocycles. The van der Waals surface area contributed by atoms with Gasteiger partial charge in [0.15, 0.2) is 17.2 Å². The van der Waals surface area contributed by atoms with Crippen LogP contribution in [0, 0.1) is 17.2 Å². The Kier molecular flexibility index (Phi) is 2.64. The SMILES string of the molecule is CC(C)(C)C1CC(=O)c2nc3c(O)cc(F)cn3c2C1. The number of hydrogen-bond donors (Lipinski definition) is 1. The van der Waals surface area contributed by atoms with E-state index in [1.807, 2.05) is 0 Å². The second kappa shape index (κ2) is 4.04. The summed E-state index contributed by atoms with van der Waals surface area (Å²) < 4.78 is 15.0. The van der Waals surface area contributed by atoms with Gasteiger partial charge in [0.25, 0.3) is 0 Å². The first-order valence-electron chi connectivity index (χ1n) is 6.70. The third-order valence-electron chi connectivity index (χ3n) is 4.13. The second-order valence-corrected chi connectivity index (χ2v) is 6.54. The topological polar surface area (TPSA) is 54.6 Å². The van der Waals surface area contributed by atoms with Crippen molar-refractivity contribution >= 4 is 11.4 Å². The molecule has 5 heteroatoms. The van der Waals surface area contributed by atoms with E-state index < -0.39 is 5.82 Å². The number of Topliss-reactive ketones (excluding diaryl/α,β-unsaturated/α-hetero) is 1. The number of pyridine rings is 1. The van der Waals surface area contributed by atoms with Gasteiger partial charge in [0.1, 0.15) is 11.5 Å². The van der Waals surface area contributed by atoms with Crippen LogP contribution in [0.1, 0.15) is 43.4 Å². The fraction of sp³-hybridized carbons (Fsp3) is 0.467. The van der Waals surface area contributed by atoms with E-state index in [2.05, 4.69) is 25.8 Å². The highest BCUT2D eigenvalue weighted by Crippen LogP contribution is 2.38. The Bertz CT molecular complexity index is 713. The number of rotatable bonds is 0. The molecule has 1 unspecified atom stereocenters. The summed E-state index contributed by atoms with van der Waals surface area (Å²) in [5.74, 6) is -0.623. The fourth-order valence-corrected chi connectivity index (χ4v) is 2.80. The van der Waals surface area contributed by atoms with Gasteiger partial charge >= 0.3 is 0 Å². The van der Waals surface area contributed by atoms with Gasteiger partial charge in [-0.15, -0.1) is 0 Å². The largest absolute Gasteiger partial charge is 0.504 e. The van der Waals surface area contributed by atoms with E-state index in [9.17, 15) is 14.3 Å². The molecule has 3 rings (SSSR count). The Balaban J connectivity index is 2.21. The number of fused-ring (bicyclic) bond motifs is 3. The van der Waals surface area contributed by atoms with Crippen LogP contribution in [0.25, 0.3) is 5.65 Å². The van der Waals surface area contributed by atoms with Crippen molar-refractivity contribution in [3.05, 3.63) is 29.5 Å². The summed E-state index contributed by atoms with van der Waals surface area (Å²) in [7, 11) is 0. The number of aromatic nitrogens is 2. The molecule has 1 aliphatic rings. The normalized spacial score (nSPS) is 19.4. The summed E-state index contributed by atoms with van der Waals surface area (Å²) >= 11 is 0. The Morgan fingerprint density at radius 1 is 1.40 bits per heavy atom. The molecule has 106 valence electrons. The number of carbonyl (C=O) groups is 1. The number of aromatic hydroxyl groups is 1. The third-order valence-corrected chi connectivity index (χ3v) is 4.13. The zero-order valence-electron chi connectivity index (χ0n) is 11.8. The van der Waals surface area contributed by atoms with Crippen molar-refractivity contribution in [3.63, 3.8) is 0 Å². The second-order valence-electron chi connectivity index (χ2n) is 6.54. The summed E-state index contributed by atoms with van der Waals surface area (Å²) in [5.41, 5.74) is 1.31. The molecule has 2 aromatic rings. The maximum Gasteiger partial charge on any atom is 0.183 e. The molecule has 0 aliphatic heterocycles. The number of carbonyl (C=O) groups excluding carboxylic acids is 1. The maximum absolute atomic E-state index is 13.5. The molecule has 0 aromatic carbocycles. The zero-order chi connectivity index (χ0) is 14.7. The molecule has 0 radical (unpaired) electrons. The van der Waals surface area contributed by atoms with E-state index >= 15 is 0 Å². The van der Waals surface area contributed by atoms with Gasteiger partial charge in [-0.2, -0.15) is 0 Å². The zero-order valence-corrected chi connectivity index (χ0v) is 11.8. The average molecular weight is 276 g/mol. The Labute approximate surface area is 116 Å². The standard InChI is InChI=1S/C15H17FN2O2/c1-15(2,3)8-4-10-13(11(19)5-8)17-14-12(20)6-9(16)7-18(10)14/h6-8,20H,4-5H2,1-3H3. The lowest BCUT2D eigenvalue weighted by Crippen LogP contribution is -2.30. The maximum atomic E-state index is 13.5. The molecule has 0 saturated carbocycles. The highest BCUT2D eigenvalue weighted by atomic mass is 19.1. The molecular formula is C15H17FN2O2. The summed E-state index contributed by atoms with van der Waals surface area (Å²) in [6.07, 6.45) is 2.39. The minimum atomic E-state index is -0.541. The van der Waals surface area contributed by atoms with Gasteiger partial charge in [-0.25, -0.2) is 9.37 Å². The molecule has 0 bridgehead atoms. The summed E-state index contributed by atoms with van der Waals surface area (Å²) in [4.78, 5) is 16.4. The van der Waals surface area contributed by atoms with Crippen LogP contribution >= 0.6 is 0 Å². The first-order chi connectivity index (χ1) is 9.27. The third kappa shape index (κ3) is 1.88. The van der Waals surface area contributed by atoms with Crippen molar-refractivity contribution in [2.75, 3.05) is 0 Å². The summed E-state index contributed by atoms with van der Waals surface area (Å²) in [5, 5.41) is 9.78. The van der Waals surface area contributed by atoms with Crippen molar-refractivity contribution < 1.29 is 14.3 Å². The van der Waals surface area contributed by atoms with E-state index in [-0.39, 0.29) is 28.5 Å². The average Bonchev–Trinajstić information content (AvgIpc) is 2.68. The van der Waals surface area contributed by atoms with Crippen molar-refractivity contribution in [2.24, 2.45) is 11.3 Å². The molecule has 1 atom stereocenters. The predicted octanol–water partition coefficient (Wildman–Crippen LogP) is 2.97. The Morgan fingerprint density at radius 2 is 2.10 bits per heavy atom. The lowest BCUT2D eigenvalue weighted by atomic mass is 9.72. The number of hydrogen-bond acceptors (Lipinski definition) is 3. The Morgan fingerprint density at radius 3 is 2.75 bits per heavy atom. The van der Waals surface area contributed by atoms with Gasteiger partial charge in [-0.05, 0) is 17.8 Å². The monoisotopic (exact) mass is 276 g/mol. The van der Waals surface area contributed by atoms with Gasteiger partial charge in [0, 0.05) is 18.7 Å². The molecule has 1 N–H and O–H groups in total. The lowest BCUT2D eigenvalue weighted by Gasteiger charge is -2.32. The number of nitrogens with zero attached hydrogens (tertiary/aromatic N) is 2. The van der Waals surface area contributed by atoms with Crippen LogP contribution in [0.15, 0.2) is 12.3 Å². The fourth-order valence-electron chi connectivity index (χ4n) is 2.80. The van der Waals surface area contributed by atoms with E-state index in [0.717, 1.165) is 6.07 Å². The van der Waals surface area contributed by atoms with Gasteiger partial charge in [-0.1, -0.05) is 20.8 Å². The molecule has 0 spiro atoms. The molecule has 2 heterocycles. The van der Waals surface area contributed by atoms with E-state index in [1.54, 1.807) is 0 Å². The van der Waals surface area contributed by atoms with Crippen molar-refractivity contribution in [1.82, 2.24) is 9.38 Å². The molecule has 20 heavy (non-hydrogen) atoms. The van der Waals surface area contributed by atoms with Crippen molar-refractivity contribution in [2.45, 2.75) is 33.6 Å². The number of halogens is 1. The first kappa shape index (κ1) is 13.1. The van der Waals surface area contributed by atoms with Gasteiger partial charge in [0.05, 0.1) is 5.69 Å². The quantitative estimate of drug-likeness (QED) is 0.804. The van der Waals surface area contributed by atoms with E-state index in [4.69, 9.17) is 0 Å². The van der Waals surface area contributed by atoms with E-state index in [1.165, 1.54) is 10.6 Å². The van der Waals surface area contributed by atoms with Crippen LogP contribution in [-0.4, -0.2) is 20.3 Å². The van der Waals surface area contributed by atoms with Crippen LogP contribution in [0.3, 0.4) is 0 Å². The van der Waals surface area contributed by atoms with Crippen molar-refractivity contribution in [3.8, 4) is 5.75 Å². The molecule has 1 aliphatic carbocycles. The summed E-state index contributed by atoms with van der Waals surface area (Å²) in [6.45, 7) is 6.28. The molecule has 0 fully saturated rings. The Hall–Kier alpha value is -1.91. The molecule has 0 amide bonds. The van der Waals surface area contributed by atoms with E-state index in [0.29, 0.717) is 24.2 Å². The minimum absolute atomic E-state index is 0.00707. The highest BCUT2D eigenvalue weighted by molar-refractivity contribution is 5.97. The first-order valence-corrected chi connectivity index (χ1v) is 6.70. The molecule has 4 nitrogen and oxygen atoms in total. The smallest absolute Gasteiger partial charge is 0.183 e. The molecular weight excluding hydrogens is 259 g/mol.